The number of hydrogen-bond donors (Lipinski definition) is 0. The standard InChI is InChI=1S/C23H33N3O3/c1-3-19-6-8-20(9-7-19)21(27)10-11-22(28)25-16-14-24(15-17-25)18(2)23(29)26-12-4-5-13-26/h6-9,18H,3-5,10-17H2,1-2H3. The van der Waals surface area contributed by atoms with Crippen LogP contribution in [0.2, 0.25) is 0 Å². The fourth-order valence-electron chi connectivity index (χ4n) is 4.17. The molecule has 6 nitrogen and oxygen atoms in total. The molecule has 1 unspecified atom stereocenters. The van der Waals surface area contributed by atoms with Crippen LogP contribution in [0, 0.1) is 0 Å². The molecule has 6 heteroatoms. The molecule has 0 spiro atoms. The van der Waals surface area contributed by atoms with Gasteiger partial charge in [-0.3, -0.25) is 19.3 Å². The third-order valence-corrected chi connectivity index (χ3v) is 6.24. The van der Waals surface area contributed by atoms with Gasteiger partial charge in [0.1, 0.15) is 0 Å². The van der Waals surface area contributed by atoms with E-state index in [9.17, 15) is 14.4 Å². The Morgan fingerprint density at radius 1 is 0.862 bits per heavy atom. The van der Waals surface area contributed by atoms with Crippen molar-refractivity contribution in [3.63, 3.8) is 0 Å². The van der Waals surface area contributed by atoms with E-state index in [-0.39, 0.29) is 36.5 Å². The van der Waals surface area contributed by atoms with Gasteiger partial charge in [0, 0.05) is 57.7 Å². The fraction of sp³-hybridized carbons (Fsp3) is 0.609. The van der Waals surface area contributed by atoms with Crippen molar-refractivity contribution in [2.45, 2.75) is 52.0 Å². The van der Waals surface area contributed by atoms with E-state index in [1.165, 1.54) is 5.56 Å². The fourth-order valence-corrected chi connectivity index (χ4v) is 4.17. The van der Waals surface area contributed by atoms with Gasteiger partial charge < -0.3 is 9.80 Å². The van der Waals surface area contributed by atoms with Gasteiger partial charge in [0.2, 0.25) is 11.8 Å². The number of amides is 2. The molecule has 2 saturated heterocycles. The molecule has 0 radical (unpaired) electrons. The number of Topliss-reactive ketones (excluding diaryl/α,β-unsaturated/α-hetero) is 1. The topological polar surface area (TPSA) is 60.9 Å². The highest BCUT2D eigenvalue weighted by Crippen LogP contribution is 2.15. The van der Waals surface area contributed by atoms with Crippen molar-refractivity contribution in [1.82, 2.24) is 14.7 Å². The number of benzene rings is 1. The zero-order valence-corrected chi connectivity index (χ0v) is 17.7. The van der Waals surface area contributed by atoms with Crippen molar-refractivity contribution in [1.29, 1.82) is 0 Å². The van der Waals surface area contributed by atoms with E-state index in [0.717, 1.165) is 32.4 Å². The summed E-state index contributed by atoms with van der Waals surface area (Å²) in [5, 5.41) is 0. The zero-order valence-electron chi connectivity index (χ0n) is 17.7. The van der Waals surface area contributed by atoms with Gasteiger partial charge in [-0.15, -0.1) is 0 Å². The van der Waals surface area contributed by atoms with Crippen molar-refractivity contribution in [3.05, 3.63) is 35.4 Å². The van der Waals surface area contributed by atoms with Gasteiger partial charge in [-0.1, -0.05) is 31.2 Å². The molecule has 2 amide bonds. The minimum Gasteiger partial charge on any atom is -0.341 e. The van der Waals surface area contributed by atoms with Crippen LogP contribution < -0.4 is 0 Å². The molecule has 0 aromatic heterocycles. The second-order valence-corrected chi connectivity index (χ2v) is 8.10. The lowest BCUT2D eigenvalue weighted by Crippen LogP contribution is -2.55. The van der Waals surface area contributed by atoms with E-state index >= 15 is 0 Å². The number of carbonyl (C=O) groups excluding carboxylic acids is 3. The molecule has 1 aromatic rings. The summed E-state index contributed by atoms with van der Waals surface area (Å²) < 4.78 is 0. The minimum absolute atomic E-state index is 0.0180. The molecule has 2 aliphatic rings. The van der Waals surface area contributed by atoms with Crippen LogP contribution in [0.15, 0.2) is 24.3 Å². The van der Waals surface area contributed by atoms with Crippen LogP contribution in [0.3, 0.4) is 0 Å². The quantitative estimate of drug-likeness (QED) is 0.661. The van der Waals surface area contributed by atoms with Crippen LogP contribution in [0.5, 0.6) is 0 Å². The Labute approximate surface area is 173 Å². The van der Waals surface area contributed by atoms with Crippen LogP contribution in [0.4, 0.5) is 0 Å². The number of likely N-dealkylation sites (tertiary alicyclic amines) is 1. The number of carbonyl (C=O) groups is 3. The molecule has 2 heterocycles. The van der Waals surface area contributed by atoms with Gasteiger partial charge >= 0.3 is 0 Å². The van der Waals surface area contributed by atoms with E-state index in [1.54, 1.807) is 0 Å². The molecule has 158 valence electrons. The van der Waals surface area contributed by atoms with Gasteiger partial charge in [-0.2, -0.15) is 0 Å². The number of ketones is 1. The van der Waals surface area contributed by atoms with Crippen molar-refractivity contribution < 1.29 is 14.4 Å². The van der Waals surface area contributed by atoms with E-state index in [4.69, 9.17) is 0 Å². The summed E-state index contributed by atoms with van der Waals surface area (Å²) in [6, 6.07) is 7.52. The summed E-state index contributed by atoms with van der Waals surface area (Å²) in [6.45, 7) is 8.45. The van der Waals surface area contributed by atoms with Gasteiger partial charge in [0.15, 0.2) is 5.78 Å². The lowest BCUT2D eigenvalue weighted by molar-refractivity contribution is -0.138. The van der Waals surface area contributed by atoms with Crippen molar-refractivity contribution in [2.75, 3.05) is 39.3 Å². The first kappa shape index (κ1) is 21.5. The van der Waals surface area contributed by atoms with Gasteiger partial charge in [-0.05, 0) is 31.7 Å². The molecule has 3 rings (SSSR count). The normalized spacial score (nSPS) is 18.7. The number of hydrogen-bond acceptors (Lipinski definition) is 4. The average molecular weight is 400 g/mol. The first-order valence-electron chi connectivity index (χ1n) is 10.9. The number of piperazine rings is 1. The average Bonchev–Trinajstić information content (AvgIpc) is 3.31. The highest BCUT2D eigenvalue weighted by molar-refractivity contribution is 5.98. The molecule has 0 aliphatic carbocycles. The Morgan fingerprint density at radius 3 is 2.07 bits per heavy atom. The molecule has 0 saturated carbocycles. The smallest absolute Gasteiger partial charge is 0.239 e. The minimum atomic E-state index is -0.127. The zero-order chi connectivity index (χ0) is 20.8. The third-order valence-electron chi connectivity index (χ3n) is 6.24. The highest BCUT2D eigenvalue weighted by atomic mass is 16.2. The Hall–Kier alpha value is -2.21. The number of nitrogens with zero attached hydrogens (tertiary/aromatic N) is 3. The predicted molar refractivity (Wildman–Crippen MR) is 113 cm³/mol. The summed E-state index contributed by atoms with van der Waals surface area (Å²) in [5.41, 5.74) is 1.88. The Kier molecular flexibility index (Phi) is 7.42. The second kappa shape index (κ2) is 10.0. The summed E-state index contributed by atoms with van der Waals surface area (Å²) in [4.78, 5) is 43.4. The van der Waals surface area contributed by atoms with Gasteiger partial charge in [-0.25, -0.2) is 0 Å². The van der Waals surface area contributed by atoms with Crippen LogP contribution >= 0.6 is 0 Å². The van der Waals surface area contributed by atoms with E-state index in [0.29, 0.717) is 31.7 Å². The van der Waals surface area contributed by atoms with E-state index in [1.807, 2.05) is 41.0 Å². The Balaban J connectivity index is 1.42. The summed E-state index contributed by atoms with van der Waals surface area (Å²) >= 11 is 0. The predicted octanol–water partition coefficient (Wildman–Crippen LogP) is 2.37. The molecule has 29 heavy (non-hydrogen) atoms. The maximum Gasteiger partial charge on any atom is 0.239 e. The molecule has 0 bridgehead atoms. The van der Waals surface area contributed by atoms with Crippen LogP contribution in [-0.2, 0) is 16.0 Å². The molecular weight excluding hydrogens is 366 g/mol. The molecule has 1 aromatic carbocycles. The summed E-state index contributed by atoms with van der Waals surface area (Å²) in [7, 11) is 0. The molecular formula is C23H33N3O3. The largest absolute Gasteiger partial charge is 0.341 e. The Bertz CT molecular complexity index is 717. The van der Waals surface area contributed by atoms with Crippen LogP contribution in [-0.4, -0.2) is 77.6 Å². The second-order valence-electron chi connectivity index (χ2n) is 8.10. The first-order chi connectivity index (χ1) is 14.0. The van der Waals surface area contributed by atoms with Crippen molar-refractivity contribution in [3.8, 4) is 0 Å². The molecule has 2 aliphatic heterocycles. The van der Waals surface area contributed by atoms with E-state index < -0.39 is 0 Å². The Morgan fingerprint density at radius 2 is 1.48 bits per heavy atom. The number of rotatable bonds is 7. The molecule has 0 N–H and O–H groups in total. The number of aryl methyl sites for hydroxylation is 1. The molecule has 1 atom stereocenters. The van der Waals surface area contributed by atoms with Crippen molar-refractivity contribution in [2.24, 2.45) is 0 Å². The van der Waals surface area contributed by atoms with E-state index in [2.05, 4.69) is 11.8 Å². The van der Waals surface area contributed by atoms with Crippen LogP contribution in [0.25, 0.3) is 0 Å². The lowest BCUT2D eigenvalue weighted by atomic mass is 10.0. The monoisotopic (exact) mass is 399 g/mol. The third kappa shape index (κ3) is 5.44. The maximum atomic E-state index is 12.6. The SMILES string of the molecule is CCc1ccc(C(=O)CCC(=O)N2CCN(C(C)C(=O)N3CCCC3)CC2)cc1. The highest BCUT2D eigenvalue weighted by Gasteiger charge is 2.30. The van der Waals surface area contributed by atoms with Crippen LogP contribution in [0.1, 0.15) is 55.5 Å². The lowest BCUT2D eigenvalue weighted by Gasteiger charge is -2.38. The summed E-state index contributed by atoms with van der Waals surface area (Å²) in [5.74, 6) is 0.258. The first-order valence-corrected chi connectivity index (χ1v) is 10.9. The van der Waals surface area contributed by atoms with Gasteiger partial charge in [0.25, 0.3) is 0 Å². The molecule has 2 fully saturated rings. The van der Waals surface area contributed by atoms with Crippen molar-refractivity contribution >= 4 is 17.6 Å². The maximum absolute atomic E-state index is 12.6. The van der Waals surface area contributed by atoms with Gasteiger partial charge in [0.05, 0.1) is 6.04 Å². The summed E-state index contributed by atoms with van der Waals surface area (Å²) in [6.07, 6.45) is 3.64.